The maximum atomic E-state index is 12.2. The highest BCUT2D eigenvalue weighted by molar-refractivity contribution is 6.30. The Balaban J connectivity index is 2.41. The number of hydrogen-bond donors (Lipinski definition) is 0. The summed E-state index contributed by atoms with van der Waals surface area (Å²) in [5, 5.41) is 1.33. The molecule has 0 aliphatic heterocycles. The molecule has 3 rings (SSSR count). The summed E-state index contributed by atoms with van der Waals surface area (Å²) in [5.74, 6) is 0. The van der Waals surface area contributed by atoms with Crippen LogP contribution in [0.5, 0.6) is 0 Å². The second-order valence-corrected chi connectivity index (χ2v) is 5.54. The van der Waals surface area contributed by atoms with E-state index in [1.165, 1.54) is 0 Å². The van der Waals surface area contributed by atoms with Gasteiger partial charge in [-0.1, -0.05) is 36.7 Å². The molecular formula is C18H17ClN2O. The van der Waals surface area contributed by atoms with Gasteiger partial charge in [-0.2, -0.15) is 0 Å². The summed E-state index contributed by atoms with van der Waals surface area (Å²) in [6, 6.07) is 11.8. The van der Waals surface area contributed by atoms with Crippen LogP contribution in [0, 0.1) is 0 Å². The zero-order valence-electron chi connectivity index (χ0n) is 12.6. The standard InChI is InChI=1S/C18H17ClN2O/c1-3-17-14(11-15(19)18(22)21(17)4-2)12-9-10-20-16-8-6-5-7-13(12)16/h5-11H,3-4H2,1-2H3. The second-order valence-electron chi connectivity index (χ2n) is 5.13. The van der Waals surface area contributed by atoms with Crippen LogP contribution in [-0.4, -0.2) is 9.55 Å². The Morgan fingerprint density at radius 2 is 1.91 bits per heavy atom. The zero-order chi connectivity index (χ0) is 15.7. The highest BCUT2D eigenvalue weighted by atomic mass is 35.5. The third-order valence-corrected chi connectivity index (χ3v) is 4.22. The van der Waals surface area contributed by atoms with Crippen molar-refractivity contribution in [3.05, 3.63) is 63.7 Å². The first-order chi connectivity index (χ1) is 10.7. The Labute approximate surface area is 134 Å². The summed E-state index contributed by atoms with van der Waals surface area (Å²) in [6.07, 6.45) is 2.57. The first-order valence-corrected chi connectivity index (χ1v) is 7.81. The van der Waals surface area contributed by atoms with Crippen molar-refractivity contribution in [1.82, 2.24) is 9.55 Å². The monoisotopic (exact) mass is 312 g/mol. The molecule has 0 radical (unpaired) electrons. The largest absolute Gasteiger partial charge is 0.311 e. The van der Waals surface area contributed by atoms with Gasteiger partial charge in [-0.25, -0.2) is 0 Å². The number of hydrogen-bond acceptors (Lipinski definition) is 2. The van der Waals surface area contributed by atoms with Gasteiger partial charge in [0.15, 0.2) is 0 Å². The number of aromatic nitrogens is 2. The van der Waals surface area contributed by atoms with Crippen LogP contribution in [0.25, 0.3) is 22.0 Å². The van der Waals surface area contributed by atoms with Gasteiger partial charge in [-0.15, -0.1) is 0 Å². The summed E-state index contributed by atoms with van der Waals surface area (Å²) >= 11 is 6.18. The quantitative estimate of drug-likeness (QED) is 0.722. The Morgan fingerprint density at radius 1 is 1.14 bits per heavy atom. The van der Waals surface area contributed by atoms with Gasteiger partial charge in [0.2, 0.25) is 0 Å². The highest BCUT2D eigenvalue weighted by Gasteiger charge is 2.15. The van der Waals surface area contributed by atoms with E-state index in [0.29, 0.717) is 6.54 Å². The average Bonchev–Trinajstić information content (AvgIpc) is 2.56. The fraction of sp³-hybridized carbons (Fsp3) is 0.222. The lowest BCUT2D eigenvalue weighted by Gasteiger charge is -2.16. The minimum Gasteiger partial charge on any atom is -0.311 e. The second kappa shape index (κ2) is 5.93. The van der Waals surface area contributed by atoms with Crippen LogP contribution in [0.1, 0.15) is 19.5 Å². The molecule has 1 aromatic carbocycles. The summed E-state index contributed by atoms with van der Waals surface area (Å²) < 4.78 is 1.76. The van der Waals surface area contributed by atoms with Gasteiger partial charge < -0.3 is 4.57 Å². The van der Waals surface area contributed by atoms with Crippen LogP contribution in [-0.2, 0) is 13.0 Å². The molecular weight excluding hydrogens is 296 g/mol. The minimum absolute atomic E-state index is 0.122. The maximum Gasteiger partial charge on any atom is 0.269 e. The Morgan fingerprint density at radius 3 is 2.64 bits per heavy atom. The smallest absolute Gasteiger partial charge is 0.269 e. The van der Waals surface area contributed by atoms with E-state index in [4.69, 9.17) is 11.6 Å². The van der Waals surface area contributed by atoms with E-state index in [1.807, 2.05) is 37.3 Å². The molecule has 4 heteroatoms. The van der Waals surface area contributed by atoms with Crippen molar-refractivity contribution in [3.8, 4) is 11.1 Å². The lowest BCUT2D eigenvalue weighted by Crippen LogP contribution is -2.23. The molecule has 3 aromatic rings. The predicted molar refractivity (Wildman–Crippen MR) is 91.5 cm³/mol. The summed E-state index contributed by atoms with van der Waals surface area (Å²) in [4.78, 5) is 16.6. The lowest BCUT2D eigenvalue weighted by molar-refractivity contribution is 0.683. The number of rotatable bonds is 3. The molecule has 0 fully saturated rings. The van der Waals surface area contributed by atoms with E-state index < -0.39 is 0 Å². The van der Waals surface area contributed by atoms with Crippen molar-refractivity contribution < 1.29 is 0 Å². The van der Waals surface area contributed by atoms with Crippen molar-refractivity contribution in [2.45, 2.75) is 26.8 Å². The topological polar surface area (TPSA) is 34.9 Å². The number of nitrogens with zero attached hydrogens (tertiary/aromatic N) is 2. The molecule has 3 nitrogen and oxygen atoms in total. The minimum atomic E-state index is -0.122. The molecule has 0 amide bonds. The van der Waals surface area contributed by atoms with Crippen molar-refractivity contribution >= 4 is 22.5 Å². The fourth-order valence-corrected chi connectivity index (χ4v) is 3.16. The zero-order valence-corrected chi connectivity index (χ0v) is 13.4. The van der Waals surface area contributed by atoms with E-state index in [9.17, 15) is 4.79 Å². The van der Waals surface area contributed by atoms with E-state index in [0.717, 1.165) is 34.1 Å². The van der Waals surface area contributed by atoms with Crippen LogP contribution in [0.15, 0.2) is 47.4 Å². The SMILES string of the molecule is CCc1c(-c2ccnc3ccccc23)cc(Cl)c(=O)n1CC. The van der Waals surface area contributed by atoms with Gasteiger partial charge >= 0.3 is 0 Å². The molecule has 0 unspecified atom stereocenters. The van der Waals surface area contributed by atoms with Gasteiger partial charge in [0.25, 0.3) is 5.56 Å². The Bertz CT molecular complexity index is 894. The van der Waals surface area contributed by atoms with Crippen LogP contribution in [0.2, 0.25) is 5.02 Å². The first kappa shape index (κ1) is 14.8. The molecule has 0 aliphatic rings. The van der Waals surface area contributed by atoms with Crippen molar-refractivity contribution in [2.24, 2.45) is 0 Å². The van der Waals surface area contributed by atoms with E-state index in [-0.39, 0.29) is 10.6 Å². The fourth-order valence-electron chi connectivity index (χ4n) is 2.95. The van der Waals surface area contributed by atoms with Gasteiger partial charge in [0.1, 0.15) is 5.02 Å². The Kier molecular flexibility index (Phi) is 3.99. The highest BCUT2D eigenvalue weighted by Crippen LogP contribution is 2.31. The molecule has 0 atom stereocenters. The van der Waals surface area contributed by atoms with Gasteiger partial charge in [-0.05, 0) is 37.1 Å². The van der Waals surface area contributed by atoms with Gasteiger partial charge in [0, 0.05) is 29.4 Å². The molecule has 112 valence electrons. The lowest BCUT2D eigenvalue weighted by atomic mass is 9.98. The van der Waals surface area contributed by atoms with Crippen molar-refractivity contribution in [1.29, 1.82) is 0 Å². The first-order valence-electron chi connectivity index (χ1n) is 7.43. The number of benzene rings is 1. The Hall–Kier alpha value is -2.13. The van der Waals surface area contributed by atoms with Crippen LogP contribution < -0.4 is 5.56 Å². The maximum absolute atomic E-state index is 12.2. The third-order valence-electron chi connectivity index (χ3n) is 3.95. The molecule has 0 N–H and O–H groups in total. The van der Waals surface area contributed by atoms with Crippen molar-refractivity contribution in [2.75, 3.05) is 0 Å². The van der Waals surface area contributed by atoms with Crippen LogP contribution >= 0.6 is 11.6 Å². The van der Waals surface area contributed by atoms with Gasteiger partial charge in [-0.3, -0.25) is 9.78 Å². The number of fused-ring (bicyclic) bond motifs is 1. The van der Waals surface area contributed by atoms with Crippen LogP contribution in [0.3, 0.4) is 0 Å². The molecule has 22 heavy (non-hydrogen) atoms. The van der Waals surface area contributed by atoms with Crippen molar-refractivity contribution in [3.63, 3.8) is 0 Å². The molecule has 2 heterocycles. The number of halogens is 1. The summed E-state index contributed by atoms with van der Waals surface area (Å²) in [5.41, 5.74) is 3.89. The molecule has 2 aromatic heterocycles. The predicted octanol–water partition coefficient (Wildman–Crippen LogP) is 4.30. The van der Waals surface area contributed by atoms with E-state index >= 15 is 0 Å². The average molecular weight is 313 g/mol. The molecule has 0 aliphatic carbocycles. The van der Waals surface area contributed by atoms with Gasteiger partial charge in [0.05, 0.1) is 5.52 Å². The van der Waals surface area contributed by atoms with Crippen LogP contribution in [0.4, 0.5) is 0 Å². The van der Waals surface area contributed by atoms with E-state index in [1.54, 1.807) is 16.8 Å². The number of pyridine rings is 2. The summed E-state index contributed by atoms with van der Waals surface area (Å²) in [7, 11) is 0. The normalized spacial score (nSPS) is 11.0. The molecule has 0 saturated carbocycles. The third kappa shape index (κ3) is 2.32. The molecule has 0 saturated heterocycles. The molecule has 0 bridgehead atoms. The summed E-state index contributed by atoms with van der Waals surface area (Å²) in [6.45, 7) is 4.63. The van der Waals surface area contributed by atoms with E-state index in [2.05, 4.69) is 11.9 Å². The number of para-hydroxylation sites is 1. The molecule has 0 spiro atoms.